The molecule has 1 N–H and O–H groups in total. The van der Waals surface area contributed by atoms with Crippen LogP contribution in [0.2, 0.25) is 0 Å². The number of carboxylic acids is 1. The van der Waals surface area contributed by atoms with E-state index in [-0.39, 0.29) is 0 Å². The van der Waals surface area contributed by atoms with Gasteiger partial charge >= 0.3 is 5.97 Å². The first kappa shape index (κ1) is 9.58. The highest BCUT2D eigenvalue weighted by molar-refractivity contribution is 5.79. The Bertz CT molecular complexity index is 317. The zero-order chi connectivity index (χ0) is 9.84. The molecule has 0 atom stereocenters. The van der Waals surface area contributed by atoms with E-state index in [1.165, 1.54) is 6.08 Å². The fourth-order valence-electron chi connectivity index (χ4n) is 1.25. The molecule has 13 heavy (non-hydrogen) atoms. The van der Waals surface area contributed by atoms with Crippen LogP contribution in [0.25, 0.3) is 0 Å². The number of aryl methyl sites for hydroxylation is 2. The second-order valence-corrected chi connectivity index (χ2v) is 2.97. The van der Waals surface area contributed by atoms with Gasteiger partial charge in [-0.2, -0.15) is 0 Å². The number of aromatic nitrogens is 1. The fraction of sp³-hybridized carbons (Fsp3) is 0.300. The highest BCUT2D eigenvalue weighted by atomic mass is 16.4. The van der Waals surface area contributed by atoms with E-state index < -0.39 is 5.97 Å². The van der Waals surface area contributed by atoms with Crippen molar-refractivity contribution >= 4 is 5.97 Å². The molecular weight excluding hydrogens is 166 g/mol. The van der Waals surface area contributed by atoms with Gasteiger partial charge in [0.15, 0.2) is 0 Å². The Kier molecular flexibility index (Phi) is 2.90. The molecule has 0 amide bonds. The summed E-state index contributed by atoms with van der Waals surface area (Å²) in [4.78, 5) is 10.2. The van der Waals surface area contributed by atoms with Crippen LogP contribution in [0.1, 0.15) is 11.4 Å². The molecule has 0 unspecified atom stereocenters. The van der Waals surface area contributed by atoms with Crippen LogP contribution in [-0.4, -0.2) is 15.6 Å². The monoisotopic (exact) mass is 179 g/mol. The molecule has 0 saturated heterocycles. The number of rotatable bonds is 3. The average molecular weight is 179 g/mol. The number of allylic oxidation sites excluding steroid dienone is 1. The summed E-state index contributed by atoms with van der Waals surface area (Å²) in [5, 5.41) is 8.38. The van der Waals surface area contributed by atoms with Crippen molar-refractivity contribution in [3.63, 3.8) is 0 Å². The van der Waals surface area contributed by atoms with E-state index in [0.29, 0.717) is 6.54 Å². The van der Waals surface area contributed by atoms with Crippen LogP contribution in [0.5, 0.6) is 0 Å². The lowest BCUT2D eigenvalue weighted by Gasteiger charge is -2.04. The SMILES string of the molecule is Cc1ccc(C)n1C/C=C/C(=O)O. The lowest BCUT2D eigenvalue weighted by Crippen LogP contribution is -2.00. The van der Waals surface area contributed by atoms with E-state index >= 15 is 0 Å². The molecule has 0 saturated carbocycles. The summed E-state index contributed by atoms with van der Waals surface area (Å²) < 4.78 is 2.05. The highest BCUT2D eigenvalue weighted by Crippen LogP contribution is 2.06. The van der Waals surface area contributed by atoms with Crippen molar-refractivity contribution in [1.29, 1.82) is 0 Å². The normalized spacial score (nSPS) is 10.9. The van der Waals surface area contributed by atoms with Crippen LogP contribution < -0.4 is 0 Å². The third kappa shape index (κ3) is 2.47. The van der Waals surface area contributed by atoms with Crippen LogP contribution in [0.3, 0.4) is 0 Å². The molecule has 70 valence electrons. The van der Waals surface area contributed by atoms with Crippen LogP contribution in [0, 0.1) is 13.8 Å². The van der Waals surface area contributed by atoms with Crippen LogP contribution in [-0.2, 0) is 11.3 Å². The van der Waals surface area contributed by atoms with E-state index in [9.17, 15) is 4.79 Å². The van der Waals surface area contributed by atoms with E-state index in [1.807, 2.05) is 26.0 Å². The Labute approximate surface area is 77.3 Å². The number of nitrogens with zero attached hydrogens (tertiary/aromatic N) is 1. The van der Waals surface area contributed by atoms with Crippen molar-refractivity contribution in [2.45, 2.75) is 20.4 Å². The zero-order valence-corrected chi connectivity index (χ0v) is 7.82. The smallest absolute Gasteiger partial charge is 0.328 e. The molecular formula is C10H13NO2. The molecule has 1 heterocycles. The summed E-state index contributed by atoms with van der Waals surface area (Å²) in [7, 11) is 0. The third-order valence-electron chi connectivity index (χ3n) is 1.97. The van der Waals surface area contributed by atoms with Crippen molar-refractivity contribution in [1.82, 2.24) is 4.57 Å². The predicted molar refractivity (Wildman–Crippen MR) is 50.7 cm³/mol. The van der Waals surface area contributed by atoms with Gasteiger partial charge in [-0.25, -0.2) is 4.79 Å². The first-order valence-electron chi connectivity index (χ1n) is 4.13. The minimum absolute atomic E-state index is 0.622. The summed E-state index contributed by atoms with van der Waals surface area (Å²) in [5.41, 5.74) is 2.29. The molecule has 0 aliphatic carbocycles. The quantitative estimate of drug-likeness (QED) is 0.718. The predicted octanol–water partition coefficient (Wildman–Crippen LogP) is 1.75. The Morgan fingerprint density at radius 2 is 2.00 bits per heavy atom. The Morgan fingerprint density at radius 1 is 1.46 bits per heavy atom. The van der Waals surface area contributed by atoms with Gasteiger partial charge in [-0.1, -0.05) is 6.08 Å². The van der Waals surface area contributed by atoms with Gasteiger partial charge in [0.2, 0.25) is 0 Å². The van der Waals surface area contributed by atoms with Crippen molar-refractivity contribution in [2.75, 3.05) is 0 Å². The molecule has 1 aromatic heterocycles. The Hall–Kier alpha value is -1.51. The summed E-state index contributed by atoms with van der Waals surface area (Å²) in [6, 6.07) is 4.04. The highest BCUT2D eigenvalue weighted by Gasteiger charge is 1.97. The van der Waals surface area contributed by atoms with Gasteiger partial charge in [0.05, 0.1) is 0 Å². The molecule has 0 fully saturated rings. The first-order valence-corrected chi connectivity index (χ1v) is 4.13. The van der Waals surface area contributed by atoms with Gasteiger partial charge in [0.25, 0.3) is 0 Å². The second-order valence-electron chi connectivity index (χ2n) is 2.97. The van der Waals surface area contributed by atoms with Crippen molar-refractivity contribution in [3.8, 4) is 0 Å². The number of hydrogen-bond donors (Lipinski definition) is 1. The molecule has 0 bridgehead atoms. The third-order valence-corrected chi connectivity index (χ3v) is 1.97. The average Bonchev–Trinajstić information content (AvgIpc) is 2.34. The number of aliphatic carboxylic acids is 1. The van der Waals surface area contributed by atoms with E-state index in [1.54, 1.807) is 6.08 Å². The number of hydrogen-bond acceptors (Lipinski definition) is 1. The van der Waals surface area contributed by atoms with Gasteiger partial charge in [0.1, 0.15) is 0 Å². The minimum atomic E-state index is -0.900. The summed E-state index contributed by atoms with van der Waals surface area (Å²) >= 11 is 0. The van der Waals surface area contributed by atoms with Crippen LogP contribution >= 0.6 is 0 Å². The molecule has 1 aromatic rings. The van der Waals surface area contributed by atoms with Gasteiger partial charge in [-0.05, 0) is 26.0 Å². The summed E-state index contributed by atoms with van der Waals surface area (Å²) in [6.45, 7) is 4.63. The topological polar surface area (TPSA) is 42.2 Å². The van der Waals surface area contributed by atoms with Crippen LogP contribution in [0.15, 0.2) is 24.3 Å². The van der Waals surface area contributed by atoms with E-state index in [4.69, 9.17) is 5.11 Å². The molecule has 0 aliphatic heterocycles. The van der Waals surface area contributed by atoms with Gasteiger partial charge < -0.3 is 9.67 Å². The summed E-state index contributed by atoms with van der Waals surface area (Å²) in [5.74, 6) is -0.900. The first-order chi connectivity index (χ1) is 6.11. The van der Waals surface area contributed by atoms with Gasteiger partial charge in [0, 0.05) is 24.0 Å². The second kappa shape index (κ2) is 3.94. The van der Waals surface area contributed by atoms with E-state index in [0.717, 1.165) is 11.4 Å². The molecule has 1 rings (SSSR count). The lowest BCUT2D eigenvalue weighted by molar-refractivity contribution is -0.131. The fourth-order valence-corrected chi connectivity index (χ4v) is 1.25. The van der Waals surface area contributed by atoms with E-state index in [2.05, 4.69) is 4.57 Å². The van der Waals surface area contributed by atoms with Crippen molar-refractivity contribution in [3.05, 3.63) is 35.7 Å². The largest absolute Gasteiger partial charge is 0.478 e. The van der Waals surface area contributed by atoms with Gasteiger partial charge in [-0.15, -0.1) is 0 Å². The Morgan fingerprint density at radius 3 is 2.46 bits per heavy atom. The number of carboxylic acid groups (broad SMARTS) is 1. The lowest BCUT2D eigenvalue weighted by atomic mass is 10.4. The standard InChI is InChI=1S/C10H13NO2/c1-8-5-6-9(2)11(8)7-3-4-10(12)13/h3-6H,7H2,1-2H3,(H,12,13)/b4-3+. The Balaban J connectivity index is 2.69. The molecule has 0 aliphatic rings. The van der Waals surface area contributed by atoms with Crippen molar-refractivity contribution in [2.24, 2.45) is 0 Å². The molecule has 0 radical (unpaired) electrons. The molecule has 3 heteroatoms. The minimum Gasteiger partial charge on any atom is -0.478 e. The van der Waals surface area contributed by atoms with Crippen LogP contribution in [0.4, 0.5) is 0 Å². The number of carbonyl (C=O) groups is 1. The molecule has 3 nitrogen and oxygen atoms in total. The molecule has 0 spiro atoms. The maximum Gasteiger partial charge on any atom is 0.328 e. The summed E-state index contributed by atoms with van der Waals surface area (Å²) in [6.07, 6.45) is 2.81. The van der Waals surface area contributed by atoms with Gasteiger partial charge in [-0.3, -0.25) is 0 Å². The zero-order valence-electron chi connectivity index (χ0n) is 7.82. The molecule has 0 aromatic carbocycles. The van der Waals surface area contributed by atoms with Crippen molar-refractivity contribution < 1.29 is 9.90 Å². The maximum atomic E-state index is 10.2. The maximum absolute atomic E-state index is 10.2.